The van der Waals surface area contributed by atoms with Crippen molar-refractivity contribution in [1.82, 2.24) is 9.80 Å². The van der Waals surface area contributed by atoms with Gasteiger partial charge in [-0.2, -0.15) is 0 Å². The summed E-state index contributed by atoms with van der Waals surface area (Å²) in [5.74, 6) is -0.567. The molecule has 1 unspecified atom stereocenters. The van der Waals surface area contributed by atoms with Crippen LogP contribution in [0, 0.1) is 5.82 Å². The van der Waals surface area contributed by atoms with Gasteiger partial charge in [0.1, 0.15) is 18.4 Å². The number of rotatable bonds is 2. The topological polar surface area (TPSA) is 66.6 Å². The highest BCUT2D eigenvalue weighted by atomic mass is 19.1. The Balaban J connectivity index is 1.78. The first-order valence-corrected chi connectivity index (χ1v) is 6.68. The van der Waals surface area contributed by atoms with E-state index in [-0.39, 0.29) is 36.6 Å². The van der Waals surface area contributed by atoms with E-state index in [9.17, 15) is 14.0 Å². The van der Waals surface area contributed by atoms with Crippen molar-refractivity contribution in [2.45, 2.75) is 25.4 Å². The molecule has 1 aromatic rings. The average molecular weight is 277 g/mol. The molecule has 2 saturated heterocycles. The lowest BCUT2D eigenvalue weighted by Crippen LogP contribution is -2.56. The van der Waals surface area contributed by atoms with E-state index in [1.165, 1.54) is 17.0 Å². The lowest BCUT2D eigenvalue weighted by molar-refractivity contribution is -0.154. The molecule has 2 heterocycles. The van der Waals surface area contributed by atoms with E-state index in [2.05, 4.69) is 0 Å². The molecule has 2 aliphatic rings. The molecule has 3 rings (SSSR count). The summed E-state index contributed by atoms with van der Waals surface area (Å²) in [6.07, 6.45) is 1.59. The second-order valence-corrected chi connectivity index (χ2v) is 5.30. The number of benzene rings is 1. The maximum Gasteiger partial charge on any atom is 0.246 e. The molecule has 0 spiro atoms. The average Bonchev–Trinajstić information content (AvgIpc) is 2.90. The predicted molar refractivity (Wildman–Crippen MR) is 71.0 cm³/mol. The number of fused-ring (bicyclic) bond motifs is 1. The fourth-order valence-electron chi connectivity index (χ4n) is 2.89. The Morgan fingerprint density at radius 1 is 1.35 bits per heavy atom. The number of hydrogen-bond donors (Lipinski definition) is 1. The van der Waals surface area contributed by atoms with E-state index in [4.69, 9.17) is 5.73 Å². The molecule has 20 heavy (non-hydrogen) atoms. The van der Waals surface area contributed by atoms with Crippen LogP contribution in [-0.2, 0) is 16.1 Å². The molecule has 0 aliphatic carbocycles. The highest BCUT2D eigenvalue weighted by Crippen LogP contribution is 2.25. The summed E-state index contributed by atoms with van der Waals surface area (Å²) in [7, 11) is 0. The third-order valence-electron chi connectivity index (χ3n) is 3.93. The highest BCUT2D eigenvalue weighted by molar-refractivity contribution is 5.95. The Labute approximate surface area is 116 Å². The minimum atomic E-state index is -0.499. The van der Waals surface area contributed by atoms with Gasteiger partial charge in [0, 0.05) is 13.1 Å². The lowest BCUT2D eigenvalue weighted by Gasteiger charge is -2.36. The third-order valence-corrected chi connectivity index (χ3v) is 3.93. The first kappa shape index (κ1) is 12.9. The van der Waals surface area contributed by atoms with Crippen LogP contribution in [0.25, 0.3) is 0 Å². The quantitative estimate of drug-likeness (QED) is 0.811. The van der Waals surface area contributed by atoms with Crippen LogP contribution in [0.5, 0.6) is 0 Å². The van der Waals surface area contributed by atoms with E-state index in [0.717, 1.165) is 12.8 Å². The molecule has 0 radical (unpaired) electrons. The summed E-state index contributed by atoms with van der Waals surface area (Å²) in [4.78, 5) is 27.5. The van der Waals surface area contributed by atoms with Gasteiger partial charge < -0.3 is 15.5 Å². The number of amides is 2. The van der Waals surface area contributed by atoms with Crippen LogP contribution in [-0.4, -0.2) is 40.7 Å². The van der Waals surface area contributed by atoms with Gasteiger partial charge in [-0.3, -0.25) is 9.59 Å². The van der Waals surface area contributed by atoms with Gasteiger partial charge in [0.15, 0.2) is 0 Å². The molecule has 106 valence electrons. The predicted octanol–water partition coefficient (Wildman–Crippen LogP) is 0.741. The Hall–Kier alpha value is -2.11. The van der Waals surface area contributed by atoms with Crippen molar-refractivity contribution >= 4 is 17.5 Å². The van der Waals surface area contributed by atoms with Crippen LogP contribution in [0.3, 0.4) is 0 Å². The van der Waals surface area contributed by atoms with Gasteiger partial charge in [-0.15, -0.1) is 0 Å². The fourth-order valence-corrected chi connectivity index (χ4v) is 2.89. The largest absolute Gasteiger partial charge is 0.396 e. The van der Waals surface area contributed by atoms with E-state index < -0.39 is 5.82 Å². The Morgan fingerprint density at radius 3 is 2.90 bits per heavy atom. The van der Waals surface area contributed by atoms with E-state index in [0.29, 0.717) is 12.1 Å². The molecule has 0 bridgehead atoms. The number of anilines is 1. The Morgan fingerprint density at radius 2 is 2.15 bits per heavy atom. The molecule has 2 fully saturated rings. The molecular weight excluding hydrogens is 261 g/mol. The highest BCUT2D eigenvalue weighted by Gasteiger charge is 2.41. The van der Waals surface area contributed by atoms with Gasteiger partial charge >= 0.3 is 0 Å². The number of halogens is 1. The molecule has 2 aliphatic heterocycles. The zero-order chi connectivity index (χ0) is 14.3. The first-order chi connectivity index (χ1) is 9.56. The number of carbonyl (C=O) groups is 2. The smallest absolute Gasteiger partial charge is 0.246 e. The number of hydrogen-bond acceptors (Lipinski definition) is 3. The van der Waals surface area contributed by atoms with Gasteiger partial charge in [-0.1, -0.05) is 6.07 Å². The maximum absolute atomic E-state index is 13.4. The van der Waals surface area contributed by atoms with Crippen molar-refractivity contribution in [3.8, 4) is 0 Å². The summed E-state index contributed by atoms with van der Waals surface area (Å²) in [5.41, 5.74) is 6.15. The second kappa shape index (κ2) is 4.77. The van der Waals surface area contributed by atoms with Crippen molar-refractivity contribution in [1.29, 1.82) is 0 Å². The molecule has 5 nitrogen and oxygen atoms in total. The van der Waals surface area contributed by atoms with Gasteiger partial charge in [0.25, 0.3) is 0 Å². The monoisotopic (exact) mass is 277 g/mol. The molecule has 1 atom stereocenters. The minimum Gasteiger partial charge on any atom is -0.396 e. The van der Waals surface area contributed by atoms with Crippen LogP contribution < -0.4 is 5.73 Å². The van der Waals surface area contributed by atoms with Crippen molar-refractivity contribution in [3.63, 3.8) is 0 Å². The number of nitrogens with zero attached hydrogens (tertiary/aromatic N) is 2. The number of nitrogens with two attached hydrogens (primary N) is 1. The Bertz CT molecular complexity index is 576. The molecule has 6 heteroatoms. The number of carbonyl (C=O) groups excluding carboxylic acids is 2. The summed E-state index contributed by atoms with van der Waals surface area (Å²) < 4.78 is 13.4. The summed E-state index contributed by atoms with van der Waals surface area (Å²) in [5, 5.41) is 0. The van der Waals surface area contributed by atoms with Crippen molar-refractivity contribution < 1.29 is 14.0 Å². The van der Waals surface area contributed by atoms with Crippen LogP contribution >= 0.6 is 0 Å². The number of nitrogen functional groups attached to an aromatic ring is 1. The molecule has 2 N–H and O–H groups in total. The van der Waals surface area contributed by atoms with Gasteiger partial charge in [0.2, 0.25) is 11.8 Å². The van der Waals surface area contributed by atoms with Crippen molar-refractivity contribution in [2.75, 3.05) is 18.8 Å². The zero-order valence-electron chi connectivity index (χ0n) is 11.0. The fraction of sp³-hybridized carbons (Fsp3) is 0.429. The zero-order valence-corrected chi connectivity index (χ0v) is 11.0. The van der Waals surface area contributed by atoms with Gasteiger partial charge in [0.05, 0.1) is 5.69 Å². The van der Waals surface area contributed by atoms with Gasteiger partial charge in [-0.05, 0) is 30.5 Å². The van der Waals surface area contributed by atoms with Crippen LogP contribution in [0.4, 0.5) is 10.1 Å². The van der Waals surface area contributed by atoms with Crippen molar-refractivity contribution in [2.24, 2.45) is 0 Å². The van der Waals surface area contributed by atoms with E-state index in [1.807, 2.05) is 0 Å². The normalized spacial score (nSPS) is 22.4. The molecule has 0 saturated carbocycles. The van der Waals surface area contributed by atoms with E-state index in [1.54, 1.807) is 11.0 Å². The molecule has 0 aromatic heterocycles. The second-order valence-electron chi connectivity index (χ2n) is 5.30. The lowest BCUT2D eigenvalue weighted by atomic mass is 10.1. The first-order valence-electron chi connectivity index (χ1n) is 6.68. The molecule has 1 aromatic carbocycles. The summed E-state index contributed by atoms with van der Waals surface area (Å²) in [6.45, 7) is 0.979. The standard InChI is InChI=1S/C14H16FN3O2/c15-10-6-9(3-4-11(10)16)7-17-8-13(19)18-5-1-2-12(18)14(17)20/h3-4,6,12H,1-2,5,7-8,16H2. The van der Waals surface area contributed by atoms with Gasteiger partial charge in [-0.25, -0.2) is 4.39 Å². The van der Waals surface area contributed by atoms with Crippen LogP contribution in [0.15, 0.2) is 18.2 Å². The SMILES string of the molecule is Nc1ccc(CN2CC(=O)N3CCCC3C2=O)cc1F. The molecule has 2 amide bonds. The Kier molecular flexibility index (Phi) is 3.08. The van der Waals surface area contributed by atoms with Crippen LogP contribution in [0.2, 0.25) is 0 Å². The summed E-state index contributed by atoms with van der Waals surface area (Å²) in [6, 6.07) is 4.14. The molecular formula is C14H16FN3O2. The number of piperazine rings is 1. The van der Waals surface area contributed by atoms with Crippen LogP contribution in [0.1, 0.15) is 18.4 Å². The maximum atomic E-state index is 13.4. The summed E-state index contributed by atoms with van der Waals surface area (Å²) >= 11 is 0. The third kappa shape index (κ3) is 2.11. The van der Waals surface area contributed by atoms with Crippen molar-refractivity contribution in [3.05, 3.63) is 29.6 Å². The minimum absolute atomic E-state index is 0.0250. The van der Waals surface area contributed by atoms with E-state index >= 15 is 0 Å².